The molecular weight excluding hydrogens is 316 g/mol. The molecule has 1 N–H and O–H groups in total. The summed E-state index contributed by atoms with van der Waals surface area (Å²) in [4.78, 5) is 10.0. The summed E-state index contributed by atoms with van der Waals surface area (Å²) in [5.41, 5.74) is 0.889. The molecule has 23 heavy (non-hydrogen) atoms. The highest BCUT2D eigenvalue weighted by atomic mass is 32.2. The third-order valence-electron chi connectivity index (χ3n) is 3.39. The first-order valence-corrected chi connectivity index (χ1v) is 8.65. The Balaban J connectivity index is 2.01. The van der Waals surface area contributed by atoms with E-state index in [4.69, 9.17) is 0 Å². The van der Waals surface area contributed by atoms with Gasteiger partial charge in [0.1, 0.15) is 0 Å². The molecule has 0 aliphatic heterocycles. The van der Waals surface area contributed by atoms with Crippen LogP contribution < -0.4 is 4.72 Å². The molecule has 122 valence electrons. The van der Waals surface area contributed by atoms with Gasteiger partial charge in [-0.3, -0.25) is 10.1 Å². The molecule has 0 amide bonds. The Kier molecular flexibility index (Phi) is 5.46. The van der Waals surface area contributed by atoms with E-state index in [2.05, 4.69) is 4.72 Å². The van der Waals surface area contributed by atoms with Crippen molar-refractivity contribution in [3.63, 3.8) is 0 Å². The molecule has 0 bridgehead atoms. The Bertz CT molecular complexity index is 776. The van der Waals surface area contributed by atoms with Crippen molar-refractivity contribution in [2.24, 2.45) is 5.92 Å². The maximum atomic E-state index is 12.2. The fourth-order valence-corrected chi connectivity index (χ4v) is 3.39. The molecule has 0 aromatic heterocycles. The van der Waals surface area contributed by atoms with Gasteiger partial charge in [-0.1, -0.05) is 43.3 Å². The second-order valence-corrected chi connectivity index (χ2v) is 7.17. The average Bonchev–Trinajstić information content (AvgIpc) is 2.54. The predicted molar refractivity (Wildman–Crippen MR) is 87.6 cm³/mol. The van der Waals surface area contributed by atoms with E-state index in [1.165, 1.54) is 18.2 Å². The molecule has 1 atom stereocenters. The normalized spacial score (nSPS) is 12.7. The largest absolute Gasteiger partial charge is 0.270 e. The van der Waals surface area contributed by atoms with Crippen LogP contribution in [0.15, 0.2) is 59.5 Å². The van der Waals surface area contributed by atoms with Crippen molar-refractivity contribution in [3.05, 3.63) is 70.3 Å². The number of nitro groups is 1. The summed E-state index contributed by atoms with van der Waals surface area (Å²) in [6, 6.07) is 14.8. The first-order chi connectivity index (χ1) is 10.9. The molecule has 0 saturated carbocycles. The van der Waals surface area contributed by atoms with E-state index in [0.29, 0.717) is 0 Å². The minimum absolute atomic E-state index is 0.0985. The number of nitrogens with zero attached hydrogens (tertiary/aromatic N) is 1. The van der Waals surface area contributed by atoms with Gasteiger partial charge in [-0.2, -0.15) is 0 Å². The number of hydrogen-bond donors (Lipinski definition) is 1. The van der Waals surface area contributed by atoms with Crippen molar-refractivity contribution in [3.8, 4) is 0 Å². The zero-order chi connectivity index (χ0) is 16.9. The van der Waals surface area contributed by atoms with Crippen LogP contribution >= 0.6 is 0 Å². The van der Waals surface area contributed by atoms with Crippen molar-refractivity contribution in [1.29, 1.82) is 0 Å². The standard InChI is InChI=1S/C16H18N2O4S/c1-13(10-14-6-3-2-4-7-14)12-17-23(21,22)16-9-5-8-15(11-16)18(19)20/h2-9,11,13,17H,10,12H2,1H3. The molecular formula is C16H18N2O4S. The minimum Gasteiger partial charge on any atom is -0.258 e. The number of nitrogens with one attached hydrogen (secondary N) is 1. The summed E-state index contributed by atoms with van der Waals surface area (Å²) < 4.78 is 27.0. The molecule has 7 heteroatoms. The number of nitro benzene ring substituents is 1. The van der Waals surface area contributed by atoms with Crippen LogP contribution in [0.3, 0.4) is 0 Å². The highest BCUT2D eigenvalue weighted by molar-refractivity contribution is 7.89. The van der Waals surface area contributed by atoms with Crippen LogP contribution in [-0.4, -0.2) is 19.9 Å². The van der Waals surface area contributed by atoms with Crippen molar-refractivity contribution in [2.75, 3.05) is 6.54 Å². The van der Waals surface area contributed by atoms with E-state index in [9.17, 15) is 18.5 Å². The van der Waals surface area contributed by atoms with E-state index in [0.717, 1.165) is 18.1 Å². The summed E-state index contributed by atoms with van der Waals surface area (Å²) in [5.74, 6) is 0.103. The summed E-state index contributed by atoms with van der Waals surface area (Å²) in [7, 11) is -3.76. The Hall–Kier alpha value is -2.25. The highest BCUT2D eigenvalue weighted by Crippen LogP contribution is 2.17. The lowest BCUT2D eigenvalue weighted by Crippen LogP contribution is -2.29. The Morgan fingerprint density at radius 2 is 1.83 bits per heavy atom. The van der Waals surface area contributed by atoms with E-state index in [1.807, 2.05) is 37.3 Å². The number of sulfonamides is 1. The smallest absolute Gasteiger partial charge is 0.258 e. The van der Waals surface area contributed by atoms with Crippen LogP contribution in [-0.2, 0) is 16.4 Å². The summed E-state index contributed by atoms with van der Waals surface area (Å²) in [6.45, 7) is 2.21. The van der Waals surface area contributed by atoms with E-state index < -0.39 is 14.9 Å². The fourth-order valence-electron chi connectivity index (χ4n) is 2.19. The van der Waals surface area contributed by atoms with Gasteiger partial charge in [0.15, 0.2) is 0 Å². The average molecular weight is 334 g/mol. The lowest BCUT2D eigenvalue weighted by atomic mass is 10.0. The molecule has 0 heterocycles. The molecule has 6 nitrogen and oxygen atoms in total. The van der Waals surface area contributed by atoms with Gasteiger partial charge in [-0.15, -0.1) is 0 Å². The molecule has 0 aliphatic rings. The SMILES string of the molecule is CC(CNS(=O)(=O)c1cccc([N+](=O)[O-])c1)Cc1ccccc1. The van der Waals surface area contributed by atoms with Crippen LogP contribution in [0.4, 0.5) is 5.69 Å². The fraction of sp³-hybridized carbons (Fsp3) is 0.250. The molecule has 2 aromatic rings. The second-order valence-electron chi connectivity index (χ2n) is 5.40. The minimum atomic E-state index is -3.76. The topological polar surface area (TPSA) is 89.3 Å². The molecule has 0 spiro atoms. The number of hydrogen-bond acceptors (Lipinski definition) is 4. The number of non-ortho nitro benzene ring substituents is 1. The van der Waals surface area contributed by atoms with Gasteiger partial charge in [0.05, 0.1) is 9.82 Å². The summed E-state index contributed by atoms with van der Waals surface area (Å²) in [5, 5.41) is 10.7. The van der Waals surface area contributed by atoms with Gasteiger partial charge in [-0.25, -0.2) is 13.1 Å². The van der Waals surface area contributed by atoms with E-state index in [1.54, 1.807) is 0 Å². The lowest BCUT2D eigenvalue weighted by molar-refractivity contribution is -0.385. The summed E-state index contributed by atoms with van der Waals surface area (Å²) in [6.07, 6.45) is 0.748. The third-order valence-corrected chi connectivity index (χ3v) is 4.81. The number of rotatable bonds is 7. The van der Waals surface area contributed by atoms with Crippen molar-refractivity contribution >= 4 is 15.7 Å². The van der Waals surface area contributed by atoms with Crippen molar-refractivity contribution in [2.45, 2.75) is 18.2 Å². The predicted octanol–water partition coefficient (Wildman–Crippen LogP) is 2.75. The van der Waals surface area contributed by atoms with E-state index >= 15 is 0 Å². The van der Waals surface area contributed by atoms with Crippen molar-refractivity contribution in [1.82, 2.24) is 4.72 Å². The Labute approximate surface area is 135 Å². The highest BCUT2D eigenvalue weighted by Gasteiger charge is 2.18. The second kappa shape index (κ2) is 7.34. The van der Waals surface area contributed by atoms with Gasteiger partial charge in [0, 0.05) is 18.7 Å². The van der Waals surface area contributed by atoms with Crippen LogP contribution in [0.1, 0.15) is 12.5 Å². The quantitative estimate of drug-likeness (QED) is 0.623. The molecule has 0 saturated heterocycles. The molecule has 2 rings (SSSR count). The lowest BCUT2D eigenvalue weighted by Gasteiger charge is -2.13. The van der Waals surface area contributed by atoms with Gasteiger partial charge in [0.2, 0.25) is 10.0 Å². The van der Waals surface area contributed by atoms with E-state index in [-0.39, 0.29) is 23.0 Å². The molecule has 2 aromatic carbocycles. The van der Waals surface area contributed by atoms with Gasteiger partial charge in [0.25, 0.3) is 5.69 Å². The monoisotopic (exact) mass is 334 g/mol. The van der Waals surface area contributed by atoms with Crippen LogP contribution in [0, 0.1) is 16.0 Å². The maximum Gasteiger partial charge on any atom is 0.270 e. The third kappa shape index (κ3) is 4.87. The zero-order valence-corrected chi connectivity index (χ0v) is 13.5. The van der Waals surface area contributed by atoms with Crippen LogP contribution in [0.25, 0.3) is 0 Å². The first kappa shape index (κ1) is 17.1. The molecule has 0 aliphatic carbocycles. The summed E-state index contributed by atoms with van der Waals surface area (Å²) >= 11 is 0. The van der Waals surface area contributed by atoms with Gasteiger partial charge in [-0.05, 0) is 24.0 Å². The van der Waals surface area contributed by atoms with Crippen molar-refractivity contribution < 1.29 is 13.3 Å². The first-order valence-electron chi connectivity index (χ1n) is 7.16. The zero-order valence-electron chi connectivity index (χ0n) is 12.7. The molecule has 1 unspecified atom stereocenters. The molecule has 0 fully saturated rings. The maximum absolute atomic E-state index is 12.2. The Morgan fingerprint density at radius 3 is 2.48 bits per heavy atom. The molecule has 0 radical (unpaired) electrons. The van der Waals surface area contributed by atoms with Gasteiger partial charge < -0.3 is 0 Å². The Morgan fingerprint density at radius 1 is 1.13 bits per heavy atom. The van der Waals surface area contributed by atoms with Crippen LogP contribution in [0.2, 0.25) is 0 Å². The van der Waals surface area contributed by atoms with Gasteiger partial charge >= 0.3 is 0 Å². The van der Waals surface area contributed by atoms with Crippen LogP contribution in [0.5, 0.6) is 0 Å². The number of benzene rings is 2.